The highest BCUT2D eigenvalue weighted by Crippen LogP contribution is 2.36. The maximum atomic E-state index is 2.86. The van der Waals surface area contributed by atoms with Gasteiger partial charge in [0.1, 0.15) is 7.05 Å². The number of benzene rings is 2. The zero-order valence-electron chi connectivity index (χ0n) is 27.8. The van der Waals surface area contributed by atoms with Gasteiger partial charge in [0.25, 0.3) is 0 Å². The van der Waals surface area contributed by atoms with Crippen LogP contribution in [-0.4, -0.2) is 32.3 Å². The summed E-state index contributed by atoms with van der Waals surface area (Å²) in [6.45, 7) is 30.6. The largest absolute Gasteiger partial charge is 0.212 e. The molecule has 0 radical (unpaired) electrons. The molecule has 0 N–H and O–H groups in total. The van der Waals surface area contributed by atoms with Crippen LogP contribution in [0.25, 0.3) is 22.4 Å². The standard InChI is InChI=1S/C35H54NSi4/c1-25-14-15-26(22-28(25)29-17-16-27(24-36(29)5)35(2,3)4)32-33-30(37(6,7)18-20-39(33,10)11)23-31-34(32)40(12,13)21-19-38(31,8)9/h14-17,22-24H,18-21H2,1-13H3/q+1. The zero-order valence-corrected chi connectivity index (χ0v) is 31.8. The fourth-order valence-corrected chi connectivity index (χ4v) is 29.1. The lowest BCUT2D eigenvalue weighted by molar-refractivity contribution is -0.661. The van der Waals surface area contributed by atoms with E-state index in [4.69, 9.17) is 0 Å². The van der Waals surface area contributed by atoms with Crippen molar-refractivity contribution in [1.29, 1.82) is 0 Å². The summed E-state index contributed by atoms with van der Waals surface area (Å²) in [5.74, 6) is 0. The van der Waals surface area contributed by atoms with Crippen LogP contribution < -0.4 is 25.3 Å². The Balaban J connectivity index is 1.87. The van der Waals surface area contributed by atoms with Crippen LogP contribution >= 0.6 is 0 Å². The lowest BCUT2D eigenvalue weighted by atomic mass is 9.87. The topological polar surface area (TPSA) is 3.88 Å². The Bertz CT molecular complexity index is 1450. The summed E-state index contributed by atoms with van der Waals surface area (Å²) in [6, 6.07) is 20.9. The third kappa shape index (κ3) is 4.93. The number of nitrogens with zero attached hydrogens (tertiary/aromatic N) is 1. The minimum Gasteiger partial charge on any atom is -0.201 e. The highest BCUT2D eigenvalue weighted by atomic mass is 28.3. The average Bonchev–Trinajstić information content (AvgIpc) is 2.84. The highest BCUT2D eigenvalue weighted by molar-refractivity contribution is 7.08. The van der Waals surface area contributed by atoms with E-state index in [1.807, 2.05) is 20.7 Å². The van der Waals surface area contributed by atoms with Crippen LogP contribution in [0.2, 0.25) is 76.6 Å². The first-order valence-electron chi connectivity index (χ1n) is 15.6. The molecule has 5 heteroatoms. The molecule has 2 aromatic carbocycles. The Kier molecular flexibility index (Phi) is 7.10. The van der Waals surface area contributed by atoms with Gasteiger partial charge in [-0.05, 0) is 41.2 Å². The molecule has 3 heterocycles. The van der Waals surface area contributed by atoms with E-state index in [0.29, 0.717) is 0 Å². The molecule has 0 atom stereocenters. The van der Waals surface area contributed by atoms with Gasteiger partial charge in [0.05, 0.1) is 32.3 Å². The van der Waals surface area contributed by atoms with Crippen LogP contribution in [0.4, 0.5) is 0 Å². The van der Waals surface area contributed by atoms with Crippen molar-refractivity contribution < 1.29 is 4.57 Å². The predicted molar refractivity (Wildman–Crippen MR) is 190 cm³/mol. The number of rotatable bonds is 2. The van der Waals surface area contributed by atoms with E-state index in [0.717, 1.165) is 0 Å². The van der Waals surface area contributed by atoms with Gasteiger partial charge in [0.15, 0.2) is 6.20 Å². The Morgan fingerprint density at radius 3 is 1.62 bits per heavy atom. The molecule has 0 saturated heterocycles. The van der Waals surface area contributed by atoms with Crippen molar-refractivity contribution in [1.82, 2.24) is 0 Å². The number of pyridine rings is 1. The minimum absolute atomic E-state index is 0.148. The molecule has 1 aromatic heterocycles. The average molecular weight is 601 g/mol. The second-order valence-corrected chi connectivity index (χ2v) is 36.0. The van der Waals surface area contributed by atoms with E-state index in [1.165, 1.54) is 52.1 Å². The van der Waals surface area contributed by atoms with Crippen molar-refractivity contribution >= 4 is 53.0 Å². The molecule has 2 aliphatic heterocycles. The first-order valence-corrected chi connectivity index (χ1v) is 28.4. The summed E-state index contributed by atoms with van der Waals surface area (Å²) in [5, 5.41) is 7.42. The molecular weight excluding hydrogens is 547 g/mol. The summed E-state index contributed by atoms with van der Waals surface area (Å²) >= 11 is 0. The first kappa shape index (κ1) is 29.9. The molecule has 1 nitrogen and oxygen atoms in total. The first-order chi connectivity index (χ1) is 18.3. The molecule has 0 fully saturated rings. The van der Waals surface area contributed by atoms with Gasteiger partial charge in [0.2, 0.25) is 5.69 Å². The molecule has 0 saturated carbocycles. The molecule has 0 amide bonds. The van der Waals surface area contributed by atoms with Crippen molar-refractivity contribution in [2.75, 3.05) is 0 Å². The molecule has 0 aliphatic carbocycles. The third-order valence-corrected chi connectivity index (χ3v) is 25.6. The summed E-state index contributed by atoms with van der Waals surface area (Å²) in [7, 11) is -3.89. The molecule has 3 aromatic rings. The van der Waals surface area contributed by atoms with Crippen molar-refractivity contribution in [3.05, 3.63) is 53.7 Å². The number of hydrogen-bond donors (Lipinski definition) is 0. The predicted octanol–water partition coefficient (Wildman–Crippen LogP) is 7.14. The summed E-state index contributed by atoms with van der Waals surface area (Å²) in [4.78, 5) is 0. The zero-order chi connectivity index (χ0) is 29.6. The van der Waals surface area contributed by atoms with Gasteiger partial charge >= 0.3 is 0 Å². The van der Waals surface area contributed by atoms with Crippen LogP contribution in [0.15, 0.2) is 42.6 Å². The monoisotopic (exact) mass is 600 g/mol. The lowest BCUT2D eigenvalue weighted by Gasteiger charge is -2.48. The van der Waals surface area contributed by atoms with Crippen LogP contribution in [-0.2, 0) is 12.5 Å². The van der Waals surface area contributed by atoms with E-state index >= 15 is 0 Å². The SMILES string of the molecule is Cc1ccc(-c2c3c(cc4c2[Si](C)(C)CC[Si]4(C)C)[Si](C)(C)CC[Si]3(C)C)cc1-c1ccc(C(C)(C)C)c[n+]1C. The number of fused-ring (bicyclic) bond motifs is 2. The van der Waals surface area contributed by atoms with Crippen LogP contribution in [0.5, 0.6) is 0 Å². The van der Waals surface area contributed by atoms with Crippen molar-refractivity contribution in [2.24, 2.45) is 7.05 Å². The van der Waals surface area contributed by atoms with Crippen LogP contribution in [0, 0.1) is 6.92 Å². The molecule has 5 rings (SSSR count). The summed E-state index contributed by atoms with van der Waals surface area (Å²) in [6.07, 6.45) is 2.35. The number of aromatic nitrogens is 1. The molecular formula is C35H54NSi4+. The fraction of sp³-hybridized carbons (Fsp3) is 0.514. The Morgan fingerprint density at radius 2 is 1.15 bits per heavy atom. The summed E-state index contributed by atoms with van der Waals surface area (Å²) in [5.41, 5.74) is 8.87. The van der Waals surface area contributed by atoms with Gasteiger partial charge < -0.3 is 0 Å². The van der Waals surface area contributed by atoms with E-state index in [9.17, 15) is 0 Å². The quantitative estimate of drug-likeness (QED) is 0.217. The molecule has 40 heavy (non-hydrogen) atoms. The van der Waals surface area contributed by atoms with E-state index in [2.05, 4.69) is 134 Å². The second-order valence-electron chi connectivity index (χ2n) is 16.8. The number of aryl methyl sites for hydroxylation is 2. The van der Waals surface area contributed by atoms with Gasteiger partial charge in [-0.25, -0.2) is 4.57 Å². The Labute approximate surface area is 249 Å². The Morgan fingerprint density at radius 1 is 0.650 bits per heavy atom. The Hall–Kier alpha value is -1.54. The van der Waals surface area contributed by atoms with Crippen molar-refractivity contribution in [3.8, 4) is 22.4 Å². The highest BCUT2D eigenvalue weighted by Gasteiger charge is 2.48. The lowest BCUT2D eigenvalue weighted by Crippen LogP contribution is -2.72. The maximum absolute atomic E-state index is 2.86. The van der Waals surface area contributed by atoms with E-state index in [-0.39, 0.29) is 5.41 Å². The van der Waals surface area contributed by atoms with E-state index < -0.39 is 32.3 Å². The van der Waals surface area contributed by atoms with Gasteiger partial charge in [-0.2, -0.15) is 0 Å². The molecule has 0 unspecified atom stereocenters. The van der Waals surface area contributed by atoms with Crippen molar-refractivity contribution in [2.45, 2.75) is 110 Å². The van der Waals surface area contributed by atoms with Crippen LogP contribution in [0.1, 0.15) is 31.9 Å². The maximum Gasteiger partial charge on any atom is 0.212 e. The number of hydrogen-bond acceptors (Lipinski definition) is 0. The third-order valence-electron chi connectivity index (χ3n) is 10.7. The van der Waals surface area contributed by atoms with E-state index in [1.54, 1.807) is 5.56 Å². The smallest absolute Gasteiger partial charge is 0.201 e. The normalized spacial score (nSPS) is 20.5. The summed E-state index contributed by atoms with van der Waals surface area (Å²) < 4.78 is 2.37. The second kappa shape index (κ2) is 9.48. The van der Waals surface area contributed by atoms with Gasteiger partial charge in [-0.3, -0.25) is 0 Å². The van der Waals surface area contributed by atoms with Gasteiger partial charge in [-0.15, -0.1) is 0 Å². The van der Waals surface area contributed by atoms with Crippen molar-refractivity contribution in [3.63, 3.8) is 0 Å². The molecule has 214 valence electrons. The van der Waals surface area contributed by atoms with Crippen LogP contribution in [0.3, 0.4) is 0 Å². The molecule has 0 spiro atoms. The molecule has 0 bridgehead atoms. The van der Waals surface area contributed by atoms with Gasteiger partial charge in [-0.1, -0.05) is 136 Å². The fourth-order valence-electron chi connectivity index (χ4n) is 7.60. The van der Waals surface area contributed by atoms with Gasteiger partial charge in [0, 0.05) is 17.2 Å². The minimum atomic E-state index is -1.58. The molecule has 2 aliphatic rings.